The van der Waals surface area contributed by atoms with Crippen LogP contribution < -0.4 is 5.84 Å². The van der Waals surface area contributed by atoms with Crippen molar-refractivity contribution in [3.05, 3.63) is 0 Å². The zero-order valence-corrected chi connectivity index (χ0v) is 7.83. The van der Waals surface area contributed by atoms with Crippen molar-refractivity contribution < 1.29 is 5.11 Å². The average Bonchev–Trinajstić information content (AvgIpc) is 2.03. The van der Waals surface area contributed by atoms with Crippen LogP contribution >= 0.6 is 0 Å². The van der Waals surface area contributed by atoms with Gasteiger partial charge in [0.1, 0.15) is 0 Å². The number of rotatable bonds is 0. The van der Waals surface area contributed by atoms with Crippen molar-refractivity contribution in [3.63, 3.8) is 0 Å². The highest BCUT2D eigenvalue weighted by Crippen LogP contribution is 2.51. The van der Waals surface area contributed by atoms with E-state index in [1.54, 1.807) is 0 Å². The Balaban J connectivity index is 2.15. The summed E-state index contributed by atoms with van der Waals surface area (Å²) in [5.41, 5.74) is -0.000162. The Labute approximate surface area is 73.5 Å². The molecule has 2 fully saturated rings. The van der Waals surface area contributed by atoms with E-state index in [0.717, 1.165) is 19.4 Å². The molecule has 1 heterocycles. The molecular formula is C9H18N2O. The first-order valence-electron chi connectivity index (χ1n) is 4.74. The molecule has 0 spiro atoms. The van der Waals surface area contributed by atoms with E-state index in [0.29, 0.717) is 12.0 Å². The first-order valence-corrected chi connectivity index (χ1v) is 4.74. The molecule has 2 rings (SSSR count). The van der Waals surface area contributed by atoms with Crippen LogP contribution in [0.4, 0.5) is 0 Å². The number of piperidine rings is 1. The minimum absolute atomic E-state index is 0.000162. The summed E-state index contributed by atoms with van der Waals surface area (Å²) in [5.74, 6) is 6.31. The molecule has 12 heavy (non-hydrogen) atoms. The topological polar surface area (TPSA) is 49.5 Å². The molecule has 3 nitrogen and oxygen atoms in total. The second-order valence-corrected chi connectivity index (χ2v) is 4.75. The highest BCUT2D eigenvalue weighted by Gasteiger charge is 2.58. The molecule has 2 aliphatic rings. The van der Waals surface area contributed by atoms with Crippen LogP contribution in [0.25, 0.3) is 0 Å². The maximum atomic E-state index is 9.81. The first-order chi connectivity index (χ1) is 5.55. The van der Waals surface area contributed by atoms with Gasteiger partial charge < -0.3 is 5.11 Å². The minimum atomic E-state index is -0.145. The SMILES string of the molecule is CC1(C)C(O)C2CCCN(N)C21. The lowest BCUT2D eigenvalue weighted by atomic mass is 9.54. The fourth-order valence-corrected chi connectivity index (χ4v) is 2.97. The highest BCUT2D eigenvalue weighted by molar-refractivity contribution is 5.09. The van der Waals surface area contributed by atoms with Gasteiger partial charge in [0, 0.05) is 23.9 Å². The largest absolute Gasteiger partial charge is 0.392 e. The van der Waals surface area contributed by atoms with Gasteiger partial charge in [-0.1, -0.05) is 13.8 Å². The number of aliphatic hydroxyl groups excluding tert-OH is 1. The lowest BCUT2D eigenvalue weighted by Gasteiger charge is -2.61. The number of nitrogens with two attached hydrogens (primary N) is 1. The molecule has 3 heteroatoms. The van der Waals surface area contributed by atoms with Gasteiger partial charge in [-0.05, 0) is 12.8 Å². The third-order valence-corrected chi connectivity index (χ3v) is 3.65. The molecule has 0 bridgehead atoms. The number of hydrogen-bond donors (Lipinski definition) is 2. The predicted octanol–water partition coefficient (Wildman–Crippen LogP) is 0.341. The summed E-state index contributed by atoms with van der Waals surface area (Å²) in [6.07, 6.45) is 2.13. The van der Waals surface area contributed by atoms with Crippen LogP contribution in [0, 0.1) is 11.3 Å². The minimum Gasteiger partial charge on any atom is -0.392 e. The molecule has 0 aromatic heterocycles. The maximum absolute atomic E-state index is 9.81. The van der Waals surface area contributed by atoms with Crippen molar-refractivity contribution in [2.75, 3.05) is 6.54 Å². The molecule has 3 atom stereocenters. The van der Waals surface area contributed by atoms with Crippen molar-refractivity contribution in [1.29, 1.82) is 0 Å². The molecule has 1 saturated heterocycles. The average molecular weight is 170 g/mol. The molecule has 3 N–H and O–H groups in total. The second-order valence-electron chi connectivity index (χ2n) is 4.75. The molecule has 0 radical (unpaired) electrons. The lowest BCUT2D eigenvalue weighted by Crippen LogP contribution is -2.71. The van der Waals surface area contributed by atoms with Crippen LogP contribution in [0.15, 0.2) is 0 Å². The maximum Gasteiger partial charge on any atom is 0.0650 e. The molecule has 1 aliphatic carbocycles. The predicted molar refractivity (Wildman–Crippen MR) is 47.2 cm³/mol. The van der Waals surface area contributed by atoms with Crippen molar-refractivity contribution >= 4 is 0 Å². The van der Waals surface area contributed by atoms with Gasteiger partial charge in [0.25, 0.3) is 0 Å². The number of hydrogen-bond acceptors (Lipinski definition) is 3. The van der Waals surface area contributed by atoms with Crippen LogP contribution in [0.1, 0.15) is 26.7 Å². The molecule has 70 valence electrons. The van der Waals surface area contributed by atoms with Gasteiger partial charge >= 0.3 is 0 Å². The van der Waals surface area contributed by atoms with E-state index in [9.17, 15) is 5.11 Å². The van der Waals surface area contributed by atoms with Crippen LogP contribution in [0.5, 0.6) is 0 Å². The lowest BCUT2D eigenvalue weighted by molar-refractivity contribution is -0.192. The number of aliphatic hydroxyl groups is 1. The van der Waals surface area contributed by atoms with E-state index in [1.807, 2.05) is 5.01 Å². The van der Waals surface area contributed by atoms with Gasteiger partial charge in [0.2, 0.25) is 0 Å². The van der Waals surface area contributed by atoms with Crippen LogP contribution in [0.2, 0.25) is 0 Å². The van der Waals surface area contributed by atoms with Gasteiger partial charge in [-0.3, -0.25) is 5.84 Å². The summed E-state index contributed by atoms with van der Waals surface area (Å²) in [6, 6.07) is 0.404. The Morgan fingerprint density at radius 1 is 1.50 bits per heavy atom. The third kappa shape index (κ3) is 0.873. The molecule has 1 aliphatic heterocycles. The summed E-state index contributed by atoms with van der Waals surface area (Å²) in [4.78, 5) is 0. The molecule has 0 amide bonds. The Hall–Kier alpha value is -0.120. The van der Waals surface area contributed by atoms with Crippen molar-refractivity contribution in [2.24, 2.45) is 17.2 Å². The zero-order valence-electron chi connectivity index (χ0n) is 7.83. The standard InChI is InChI=1S/C9H18N2O/c1-9(2)7-6(8(9)12)4-3-5-11(7)10/h6-8,12H,3-5,10H2,1-2H3. The van der Waals surface area contributed by atoms with Crippen molar-refractivity contribution in [3.8, 4) is 0 Å². The molecule has 0 aromatic rings. The summed E-state index contributed by atoms with van der Waals surface area (Å²) in [7, 11) is 0. The number of fused-ring (bicyclic) bond motifs is 1. The summed E-state index contributed by atoms with van der Waals surface area (Å²) >= 11 is 0. The summed E-state index contributed by atoms with van der Waals surface area (Å²) < 4.78 is 0. The van der Waals surface area contributed by atoms with Crippen LogP contribution in [-0.4, -0.2) is 28.8 Å². The quantitative estimate of drug-likeness (QED) is 0.515. The van der Waals surface area contributed by atoms with Crippen molar-refractivity contribution in [2.45, 2.75) is 38.8 Å². The summed E-state index contributed by atoms with van der Waals surface area (Å²) in [5, 5.41) is 11.7. The van der Waals surface area contributed by atoms with E-state index in [1.165, 1.54) is 0 Å². The molecule has 3 unspecified atom stereocenters. The Kier molecular flexibility index (Phi) is 1.72. The third-order valence-electron chi connectivity index (χ3n) is 3.65. The molecule has 0 aromatic carbocycles. The monoisotopic (exact) mass is 170 g/mol. The van der Waals surface area contributed by atoms with Gasteiger partial charge in [-0.15, -0.1) is 0 Å². The molecule has 1 saturated carbocycles. The Bertz CT molecular complexity index is 193. The van der Waals surface area contributed by atoms with Gasteiger partial charge in [0.05, 0.1) is 6.10 Å². The van der Waals surface area contributed by atoms with E-state index < -0.39 is 0 Å². The van der Waals surface area contributed by atoms with Gasteiger partial charge in [-0.25, -0.2) is 5.01 Å². The van der Waals surface area contributed by atoms with E-state index in [2.05, 4.69) is 13.8 Å². The first kappa shape index (κ1) is 8.48. The Morgan fingerprint density at radius 2 is 2.17 bits per heavy atom. The normalized spacial score (nSPS) is 46.5. The van der Waals surface area contributed by atoms with Gasteiger partial charge in [0.15, 0.2) is 0 Å². The second kappa shape index (κ2) is 2.44. The fraction of sp³-hybridized carbons (Fsp3) is 1.00. The van der Waals surface area contributed by atoms with Crippen LogP contribution in [0.3, 0.4) is 0 Å². The molecular weight excluding hydrogens is 152 g/mol. The summed E-state index contributed by atoms with van der Waals surface area (Å²) in [6.45, 7) is 5.19. The van der Waals surface area contributed by atoms with E-state index >= 15 is 0 Å². The number of hydrazine groups is 1. The van der Waals surface area contributed by atoms with Gasteiger partial charge in [-0.2, -0.15) is 0 Å². The van der Waals surface area contributed by atoms with E-state index in [-0.39, 0.29) is 11.5 Å². The van der Waals surface area contributed by atoms with Crippen LogP contribution in [-0.2, 0) is 0 Å². The van der Waals surface area contributed by atoms with Crippen molar-refractivity contribution in [1.82, 2.24) is 5.01 Å². The smallest absolute Gasteiger partial charge is 0.0650 e. The highest BCUT2D eigenvalue weighted by atomic mass is 16.3. The zero-order chi connectivity index (χ0) is 8.93. The Morgan fingerprint density at radius 3 is 2.75 bits per heavy atom. The van der Waals surface area contributed by atoms with E-state index in [4.69, 9.17) is 5.84 Å². The number of nitrogens with zero attached hydrogens (tertiary/aromatic N) is 1. The fourth-order valence-electron chi connectivity index (χ4n) is 2.97.